The van der Waals surface area contributed by atoms with Gasteiger partial charge in [0.1, 0.15) is 11.6 Å². The number of hydrogen-bond acceptors (Lipinski definition) is 6. The Balaban J connectivity index is 1.67. The lowest BCUT2D eigenvalue weighted by atomic mass is 10.0. The molecule has 0 saturated heterocycles. The molecule has 0 unspecified atom stereocenters. The lowest BCUT2D eigenvalue weighted by Crippen LogP contribution is -2.26. The quantitative estimate of drug-likeness (QED) is 0.551. The number of benzene rings is 2. The van der Waals surface area contributed by atoms with Crippen molar-refractivity contribution in [1.82, 2.24) is 9.55 Å². The number of allylic oxidation sites excluding steroid dienone is 1. The van der Waals surface area contributed by atoms with Gasteiger partial charge in [0.05, 0.1) is 17.1 Å². The average Bonchev–Trinajstić information content (AvgIpc) is 3.24. The normalized spacial score (nSPS) is 12.8. The highest BCUT2D eigenvalue weighted by atomic mass is 32.2. The van der Waals surface area contributed by atoms with E-state index in [1.54, 1.807) is 24.3 Å². The molecule has 1 aliphatic heterocycles. The van der Waals surface area contributed by atoms with E-state index in [0.29, 0.717) is 35.5 Å². The third-order valence-electron chi connectivity index (χ3n) is 5.32. The van der Waals surface area contributed by atoms with Crippen LogP contribution in [0.3, 0.4) is 0 Å². The van der Waals surface area contributed by atoms with Crippen molar-refractivity contribution >= 4 is 15.8 Å². The van der Waals surface area contributed by atoms with Crippen LogP contribution < -0.4 is 15.6 Å². The number of hydrogen-bond donors (Lipinski definition) is 1. The smallest absolute Gasteiger partial charge is 0.263 e. The van der Waals surface area contributed by atoms with Crippen LogP contribution in [0, 0.1) is 5.82 Å². The van der Waals surface area contributed by atoms with Crippen molar-refractivity contribution in [3.8, 4) is 16.9 Å². The summed E-state index contributed by atoms with van der Waals surface area (Å²) in [6, 6.07) is 9.04. The Morgan fingerprint density at radius 1 is 1.25 bits per heavy atom. The zero-order chi connectivity index (χ0) is 22.9. The molecule has 0 radical (unpaired) electrons. The Hall–Kier alpha value is -3.46. The summed E-state index contributed by atoms with van der Waals surface area (Å²) >= 11 is 0. The van der Waals surface area contributed by atoms with Gasteiger partial charge in [-0.2, -0.15) is 0 Å². The Labute approximate surface area is 185 Å². The predicted octanol–water partition coefficient (Wildman–Crippen LogP) is 3.19. The Kier molecular flexibility index (Phi) is 5.84. The summed E-state index contributed by atoms with van der Waals surface area (Å²) in [5.74, 6) is 0.608. The van der Waals surface area contributed by atoms with E-state index in [2.05, 4.69) is 16.9 Å². The van der Waals surface area contributed by atoms with Crippen LogP contribution in [0.5, 0.6) is 5.75 Å². The van der Waals surface area contributed by atoms with Crippen LogP contribution in [0.25, 0.3) is 11.1 Å². The number of ether oxygens (including phenoxy) is 1. The molecule has 0 amide bonds. The summed E-state index contributed by atoms with van der Waals surface area (Å²) in [6.07, 6.45) is 4.74. The summed E-state index contributed by atoms with van der Waals surface area (Å²) in [4.78, 5) is 17.7. The first-order chi connectivity index (χ1) is 15.3. The third-order valence-corrected chi connectivity index (χ3v) is 6.44. The zero-order valence-corrected chi connectivity index (χ0v) is 18.3. The van der Waals surface area contributed by atoms with E-state index in [0.717, 1.165) is 11.8 Å². The first-order valence-corrected chi connectivity index (χ1v) is 11.9. The number of halogens is 1. The highest BCUT2D eigenvalue weighted by Crippen LogP contribution is 2.30. The average molecular weight is 456 g/mol. The molecule has 32 heavy (non-hydrogen) atoms. The molecule has 0 bridgehead atoms. The summed E-state index contributed by atoms with van der Waals surface area (Å²) in [5.41, 5.74) is 1.84. The second kappa shape index (κ2) is 8.58. The number of aromatic nitrogens is 2. The third kappa shape index (κ3) is 4.16. The number of nitrogens with zero attached hydrogens (tertiary/aromatic N) is 2. The van der Waals surface area contributed by atoms with Crippen LogP contribution in [0.2, 0.25) is 0 Å². The molecule has 3 aromatic rings. The van der Waals surface area contributed by atoms with Crippen LogP contribution in [0.4, 0.5) is 10.3 Å². The van der Waals surface area contributed by atoms with Crippen molar-refractivity contribution in [2.75, 3.05) is 18.2 Å². The molecule has 0 fully saturated rings. The van der Waals surface area contributed by atoms with Crippen molar-refractivity contribution in [2.45, 2.75) is 24.4 Å². The van der Waals surface area contributed by atoms with Crippen molar-refractivity contribution in [3.05, 3.63) is 82.5 Å². The number of rotatable bonds is 7. The number of sulfone groups is 1. The van der Waals surface area contributed by atoms with Gasteiger partial charge in [0.15, 0.2) is 9.84 Å². The van der Waals surface area contributed by atoms with Crippen LogP contribution in [-0.4, -0.2) is 30.8 Å². The van der Waals surface area contributed by atoms with E-state index < -0.39 is 9.84 Å². The summed E-state index contributed by atoms with van der Waals surface area (Å²) in [7, 11) is -3.34. The summed E-state index contributed by atoms with van der Waals surface area (Å²) in [6.45, 7) is 4.55. The van der Waals surface area contributed by atoms with Gasteiger partial charge in [-0.15, -0.1) is 6.58 Å². The lowest BCUT2D eigenvalue weighted by molar-refractivity contribution is 0.356. The van der Waals surface area contributed by atoms with Crippen molar-refractivity contribution in [1.29, 1.82) is 0 Å². The molecule has 0 atom stereocenters. The highest BCUT2D eigenvalue weighted by molar-refractivity contribution is 7.90. The van der Waals surface area contributed by atoms with Gasteiger partial charge in [-0.05, 0) is 29.8 Å². The molecule has 166 valence electrons. The van der Waals surface area contributed by atoms with E-state index in [1.807, 2.05) is 0 Å². The minimum atomic E-state index is -3.34. The van der Waals surface area contributed by atoms with Gasteiger partial charge < -0.3 is 10.1 Å². The van der Waals surface area contributed by atoms with Gasteiger partial charge in [-0.3, -0.25) is 9.36 Å². The van der Waals surface area contributed by atoms with Crippen LogP contribution >= 0.6 is 0 Å². The standard InChI is InChI=1S/C23H22FN3O4S/c1-3-11-27-22(28)18(15-4-6-16(7-5-15)32(2,29)30)13-25-23(27)26-14-19-17-10-12-31-21(17)9-8-20(19)24/h3-9,13H,1,10-12,14H2,2H3,(H,25,26). The van der Waals surface area contributed by atoms with Gasteiger partial charge in [0.2, 0.25) is 5.95 Å². The first kappa shape index (κ1) is 21.8. The Morgan fingerprint density at radius 3 is 2.69 bits per heavy atom. The van der Waals surface area contributed by atoms with E-state index >= 15 is 0 Å². The Morgan fingerprint density at radius 2 is 2.00 bits per heavy atom. The van der Waals surface area contributed by atoms with E-state index in [4.69, 9.17) is 4.74 Å². The highest BCUT2D eigenvalue weighted by Gasteiger charge is 2.20. The topological polar surface area (TPSA) is 90.3 Å². The second-order valence-corrected chi connectivity index (χ2v) is 9.47. The maximum atomic E-state index is 14.4. The molecule has 2 heterocycles. The fraction of sp³-hybridized carbons (Fsp3) is 0.217. The molecule has 7 nitrogen and oxygen atoms in total. The molecular weight excluding hydrogens is 433 g/mol. The van der Waals surface area contributed by atoms with Crippen molar-refractivity contribution < 1.29 is 17.5 Å². The summed E-state index contributed by atoms with van der Waals surface area (Å²) in [5, 5.41) is 3.06. The molecule has 2 aromatic carbocycles. The molecule has 4 rings (SSSR count). The SMILES string of the molecule is C=CCn1c(NCc2c(F)ccc3c2CCO3)ncc(-c2ccc(S(C)(=O)=O)cc2)c1=O. The molecule has 1 aromatic heterocycles. The van der Waals surface area contributed by atoms with E-state index in [-0.39, 0.29) is 35.3 Å². The summed E-state index contributed by atoms with van der Waals surface area (Å²) < 4.78 is 44.7. The Bertz CT molecular complexity index is 1350. The molecule has 0 aliphatic carbocycles. The number of nitrogens with one attached hydrogen (secondary N) is 1. The molecule has 0 saturated carbocycles. The number of anilines is 1. The molecule has 1 aliphatic rings. The molecule has 1 N–H and O–H groups in total. The van der Waals surface area contributed by atoms with Crippen molar-refractivity contribution in [3.63, 3.8) is 0 Å². The largest absolute Gasteiger partial charge is 0.493 e. The van der Waals surface area contributed by atoms with Gasteiger partial charge in [-0.25, -0.2) is 17.8 Å². The van der Waals surface area contributed by atoms with Crippen molar-refractivity contribution in [2.24, 2.45) is 0 Å². The van der Waals surface area contributed by atoms with Crippen LogP contribution in [0.1, 0.15) is 11.1 Å². The lowest BCUT2D eigenvalue weighted by Gasteiger charge is -2.15. The fourth-order valence-electron chi connectivity index (χ4n) is 3.69. The van der Waals surface area contributed by atoms with Gasteiger partial charge in [-0.1, -0.05) is 18.2 Å². The van der Waals surface area contributed by atoms with Crippen LogP contribution in [-0.2, 0) is 29.3 Å². The fourth-order valence-corrected chi connectivity index (χ4v) is 4.32. The van der Waals surface area contributed by atoms with E-state index in [9.17, 15) is 17.6 Å². The minimum Gasteiger partial charge on any atom is -0.493 e. The molecule has 0 spiro atoms. The maximum absolute atomic E-state index is 14.4. The van der Waals surface area contributed by atoms with Gasteiger partial charge >= 0.3 is 0 Å². The van der Waals surface area contributed by atoms with E-state index in [1.165, 1.54) is 29.0 Å². The second-order valence-electron chi connectivity index (χ2n) is 7.45. The first-order valence-electron chi connectivity index (χ1n) is 9.97. The molecular formula is C23H22FN3O4S. The van der Waals surface area contributed by atoms with Gasteiger partial charge in [0.25, 0.3) is 5.56 Å². The van der Waals surface area contributed by atoms with Gasteiger partial charge in [0, 0.05) is 43.1 Å². The zero-order valence-electron chi connectivity index (χ0n) is 17.5. The van der Waals surface area contributed by atoms with Crippen LogP contribution in [0.15, 0.2) is 64.9 Å². The minimum absolute atomic E-state index is 0.143. The predicted molar refractivity (Wildman–Crippen MR) is 120 cm³/mol. The number of fused-ring (bicyclic) bond motifs is 1. The molecule has 9 heteroatoms. The maximum Gasteiger partial charge on any atom is 0.263 e. The monoisotopic (exact) mass is 455 g/mol.